The van der Waals surface area contributed by atoms with Crippen LogP contribution in [-0.4, -0.2) is 47.7 Å². The van der Waals surface area contributed by atoms with Crippen LogP contribution < -0.4 is 4.90 Å². The molecule has 1 N–H and O–H groups in total. The smallest absolute Gasteiger partial charge is 0.185 e. The molecule has 0 spiro atoms. The molecule has 1 fully saturated rings. The summed E-state index contributed by atoms with van der Waals surface area (Å²) in [5.74, 6) is -1.11. The third-order valence-electron chi connectivity index (χ3n) is 3.81. The fourth-order valence-electron chi connectivity index (χ4n) is 2.61. The van der Waals surface area contributed by atoms with Crippen LogP contribution in [0.15, 0.2) is 29.8 Å². The Morgan fingerprint density at radius 3 is 2.68 bits per heavy atom. The molecule has 22 heavy (non-hydrogen) atoms. The highest BCUT2D eigenvalue weighted by atomic mass is 32.1. The monoisotopic (exact) mass is 325 g/mol. The molecule has 0 radical (unpaired) electrons. The van der Waals surface area contributed by atoms with Crippen molar-refractivity contribution in [3.8, 4) is 0 Å². The molecule has 1 aliphatic rings. The van der Waals surface area contributed by atoms with E-state index in [2.05, 4.69) is 14.8 Å². The molecule has 118 valence electrons. The van der Waals surface area contributed by atoms with Gasteiger partial charge >= 0.3 is 0 Å². The number of aromatic nitrogens is 1. The van der Waals surface area contributed by atoms with Gasteiger partial charge in [0.15, 0.2) is 5.13 Å². The van der Waals surface area contributed by atoms with E-state index < -0.39 is 17.7 Å². The Hall–Kier alpha value is -1.57. The maximum Gasteiger partial charge on any atom is 0.185 e. The van der Waals surface area contributed by atoms with Crippen LogP contribution in [-0.2, 0) is 0 Å². The Bertz CT molecular complexity index is 615. The molecule has 1 saturated heterocycles. The number of aliphatic hydroxyl groups excluding tert-OH is 1. The first-order valence-electron chi connectivity index (χ1n) is 7.13. The molecule has 1 aromatic carbocycles. The predicted octanol–water partition coefficient (Wildman–Crippen LogP) is 2.28. The van der Waals surface area contributed by atoms with Crippen molar-refractivity contribution in [3.63, 3.8) is 0 Å². The number of thiazole rings is 1. The fourth-order valence-corrected chi connectivity index (χ4v) is 3.30. The molecule has 1 aliphatic heterocycles. The molecule has 7 heteroatoms. The fraction of sp³-hybridized carbons (Fsp3) is 0.400. The number of benzene rings is 1. The van der Waals surface area contributed by atoms with Gasteiger partial charge in [0, 0.05) is 49.9 Å². The summed E-state index contributed by atoms with van der Waals surface area (Å²) in [5, 5.41) is 13.1. The summed E-state index contributed by atoms with van der Waals surface area (Å²) in [7, 11) is 0. The molecule has 4 nitrogen and oxygen atoms in total. The van der Waals surface area contributed by atoms with Gasteiger partial charge in [-0.3, -0.25) is 4.90 Å². The topological polar surface area (TPSA) is 39.6 Å². The van der Waals surface area contributed by atoms with Gasteiger partial charge in [-0.05, 0) is 18.2 Å². The third-order valence-corrected chi connectivity index (χ3v) is 4.64. The Morgan fingerprint density at radius 1 is 1.23 bits per heavy atom. The normalized spacial score (nSPS) is 17.7. The summed E-state index contributed by atoms with van der Waals surface area (Å²) in [4.78, 5) is 8.53. The zero-order valence-corrected chi connectivity index (χ0v) is 12.8. The second kappa shape index (κ2) is 6.68. The van der Waals surface area contributed by atoms with E-state index in [4.69, 9.17) is 0 Å². The molecule has 0 unspecified atom stereocenters. The van der Waals surface area contributed by atoms with E-state index in [-0.39, 0.29) is 5.56 Å². The first-order chi connectivity index (χ1) is 10.6. The molecular weight excluding hydrogens is 308 g/mol. The molecular formula is C15H17F2N3OS. The van der Waals surface area contributed by atoms with Gasteiger partial charge in [0.25, 0.3) is 0 Å². The van der Waals surface area contributed by atoms with E-state index in [0.29, 0.717) is 6.54 Å². The van der Waals surface area contributed by atoms with E-state index in [1.165, 1.54) is 0 Å². The Balaban J connectivity index is 1.57. The van der Waals surface area contributed by atoms with Crippen molar-refractivity contribution in [1.29, 1.82) is 0 Å². The minimum atomic E-state index is -1.03. The van der Waals surface area contributed by atoms with Crippen molar-refractivity contribution < 1.29 is 13.9 Å². The van der Waals surface area contributed by atoms with Crippen molar-refractivity contribution in [3.05, 3.63) is 47.0 Å². The average molecular weight is 325 g/mol. The zero-order chi connectivity index (χ0) is 15.5. The highest BCUT2D eigenvalue weighted by Gasteiger charge is 2.22. The largest absolute Gasteiger partial charge is 0.387 e. The third kappa shape index (κ3) is 3.43. The highest BCUT2D eigenvalue weighted by Crippen LogP contribution is 2.22. The van der Waals surface area contributed by atoms with Crippen molar-refractivity contribution in [1.82, 2.24) is 9.88 Å². The molecule has 0 bridgehead atoms. The van der Waals surface area contributed by atoms with Gasteiger partial charge in [0.1, 0.15) is 11.6 Å². The number of aliphatic hydroxyl groups is 1. The molecule has 0 aliphatic carbocycles. The summed E-state index contributed by atoms with van der Waals surface area (Å²) in [6, 6.07) is 3.17. The quantitative estimate of drug-likeness (QED) is 0.936. The van der Waals surface area contributed by atoms with Gasteiger partial charge in [0.2, 0.25) is 0 Å². The first-order valence-corrected chi connectivity index (χ1v) is 8.01. The number of β-amino-alcohol motifs (C(OH)–C–C–N with tert-alkyl or cyclic N) is 1. The maximum atomic E-state index is 13.7. The minimum Gasteiger partial charge on any atom is -0.387 e. The molecule has 1 aromatic heterocycles. The molecule has 1 atom stereocenters. The van der Waals surface area contributed by atoms with Crippen LogP contribution in [0, 0.1) is 11.6 Å². The highest BCUT2D eigenvalue weighted by molar-refractivity contribution is 7.13. The Morgan fingerprint density at radius 2 is 2.00 bits per heavy atom. The van der Waals surface area contributed by atoms with Crippen molar-refractivity contribution in [2.75, 3.05) is 37.6 Å². The van der Waals surface area contributed by atoms with E-state index >= 15 is 0 Å². The van der Waals surface area contributed by atoms with E-state index in [9.17, 15) is 13.9 Å². The summed E-state index contributed by atoms with van der Waals surface area (Å²) in [5.41, 5.74) is 0.0161. The van der Waals surface area contributed by atoms with Gasteiger partial charge in [-0.1, -0.05) is 0 Å². The average Bonchev–Trinajstić information content (AvgIpc) is 3.05. The zero-order valence-electron chi connectivity index (χ0n) is 12.0. The van der Waals surface area contributed by atoms with Crippen molar-refractivity contribution >= 4 is 16.5 Å². The number of nitrogens with zero attached hydrogens (tertiary/aromatic N) is 3. The summed E-state index contributed by atoms with van der Waals surface area (Å²) >= 11 is 1.60. The lowest BCUT2D eigenvalue weighted by atomic mass is 10.1. The van der Waals surface area contributed by atoms with Crippen LogP contribution >= 0.6 is 11.3 Å². The molecule has 0 saturated carbocycles. The standard InChI is InChI=1S/C15H17F2N3OS/c16-11-1-2-13(17)12(9-11)14(21)10-19-4-6-20(7-5-19)15-18-3-8-22-15/h1-3,8-9,14,21H,4-7,10H2/t14-/m0/s1. The number of rotatable bonds is 4. The van der Waals surface area contributed by atoms with Crippen LogP contribution in [0.25, 0.3) is 0 Å². The summed E-state index contributed by atoms with van der Waals surface area (Å²) < 4.78 is 26.9. The minimum absolute atomic E-state index is 0.0161. The molecule has 2 heterocycles. The number of hydrogen-bond acceptors (Lipinski definition) is 5. The van der Waals surface area contributed by atoms with Gasteiger partial charge < -0.3 is 10.0 Å². The lowest BCUT2D eigenvalue weighted by Crippen LogP contribution is -2.47. The first kappa shape index (κ1) is 15.3. The molecule has 2 aromatic rings. The van der Waals surface area contributed by atoms with Gasteiger partial charge in [0.05, 0.1) is 6.10 Å². The number of anilines is 1. The lowest BCUT2D eigenvalue weighted by Gasteiger charge is -2.35. The van der Waals surface area contributed by atoms with Crippen LogP contribution in [0.5, 0.6) is 0 Å². The molecule has 3 rings (SSSR count). The number of halogens is 2. The second-order valence-electron chi connectivity index (χ2n) is 5.28. The van der Waals surface area contributed by atoms with Crippen molar-refractivity contribution in [2.24, 2.45) is 0 Å². The van der Waals surface area contributed by atoms with Crippen LogP contribution in [0.1, 0.15) is 11.7 Å². The van der Waals surface area contributed by atoms with Crippen LogP contribution in [0.4, 0.5) is 13.9 Å². The van der Waals surface area contributed by atoms with Gasteiger partial charge in [-0.25, -0.2) is 13.8 Å². The number of piperazine rings is 1. The van der Waals surface area contributed by atoms with E-state index in [1.807, 2.05) is 5.38 Å². The Labute approximate surface area is 131 Å². The second-order valence-corrected chi connectivity index (χ2v) is 6.16. The Kier molecular flexibility index (Phi) is 4.66. The van der Waals surface area contributed by atoms with Crippen molar-refractivity contribution in [2.45, 2.75) is 6.10 Å². The van der Waals surface area contributed by atoms with Gasteiger partial charge in [-0.2, -0.15) is 0 Å². The van der Waals surface area contributed by atoms with E-state index in [0.717, 1.165) is 49.5 Å². The van der Waals surface area contributed by atoms with Crippen LogP contribution in [0.3, 0.4) is 0 Å². The lowest BCUT2D eigenvalue weighted by molar-refractivity contribution is 0.106. The van der Waals surface area contributed by atoms with E-state index in [1.54, 1.807) is 17.5 Å². The summed E-state index contributed by atoms with van der Waals surface area (Å²) in [6.45, 7) is 3.44. The predicted molar refractivity (Wildman–Crippen MR) is 82.1 cm³/mol. The number of hydrogen-bond donors (Lipinski definition) is 1. The molecule has 0 amide bonds. The maximum absolute atomic E-state index is 13.7. The summed E-state index contributed by atoms with van der Waals surface area (Å²) in [6.07, 6.45) is 0.755. The van der Waals surface area contributed by atoms with Crippen LogP contribution in [0.2, 0.25) is 0 Å². The SMILES string of the molecule is O[C@@H](CN1CCN(c2nccs2)CC1)c1cc(F)ccc1F. The van der Waals surface area contributed by atoms with Gasteiger partial charge in [-0.15, -0.1) is 11.3 Å².